The molecule has 0 aliphatic carbocycles. The topological polar surface area (TPSA) is 56.0 Å². The number of H-pyrrole nitrogens is 2. The summed E-state index contributed by atoms with van der Waals surface area (Å²) in [5, 5.41) is 3.96. The van der Waals surface area contributed by atoms with Gasteiger partial charge in [-0.15, -0.1) is 0 Å². The Labute approximate surface area is 242 Å². The summed E-state index contributed by atoms with van der Waals surface area (Å²) in [4.78, 5) is 13.3. The minimum absolute atomic E-state index is 0.469. The van der Waals surface area contributed by atoms with Crippen LogP contribution in [0.1, 0.15) is 126 Å². The fourth-order valence-corrected chi connectivity index (χ4v) is 8.24. The number of aromatic nitrogens is 2. The van der Waals surface area contributed by atoms with E-state index in [0.29, 0.717) is 23.7 Å². The molecule has 1 saturated heterocycles. The Morgan fingerprint density at radius 1 is 0.575 bits per heavy atom. The number of aromatic amines is 2. The average molecular weight is 541 g/mol. The Hall–Kier alpha value is -2.75. The molecule has 3 aliphatic rings. The maximum atomic E-state index is 5.41. The third-order valence-corrected chi connectivity index (χ3v) is 10.2. The Bertz CT molecular complexity index is 1360. The van der Waals surface area contributed by atoms with E-state index in [-0.39, 0.29) is 0 Å². The highest BCUT2D eigenvalue weighted by atomic mass is 15.0. The largest absolute Gasteiger partial charge is 0.362 e. The smallest absolute Gasteiger partial charge is 0.0465 e. The van der Waals surface area contributed by atoms with Crippen LogP contribution in [0.4, 0.5) is 0 Å². The van der Waals surface area contributed by atoms with Crippen molar-refractivity contribution in [2.75, 3.05) is 0 Å². The van der Waals surface area contributed by atoms with Crippen LogP contribution in [0.2, 0.25) is 0 Å². The fourth-order valence-electron chi connectivity index (χ4n) is 8.24. The van der Waals surface area contributed by atoms with Crippen molar-refractivity contribution in [2.45, 2.75) is 113 Å². The first kappa shape index (κ1) is 28.8. The van der Waals surface area contributed by atoms with Gasteiger partial charge in [-0.3, -0.25) is 4.99 Å². The summed E-state index contributed by atoms with van der Waals surface area (Å²) < 4.78 is 0. The number of rotatable bonds is 8. The Morgan fingerprint density at radius 2 is 1.05 bits per heavy atom. The molecule has 0 radical (unpaired) electrons. The minimum atomic E-state index is 0.469. The molecule has 3 N–H and O–H groups in total. The van der Waals surface area contributed by atoms with E-state index in [2.05, 4.69) is 88.9 Å². The number of aliphatic imine (C=N–C) groups is 1. The van der Waals surface area contributed by atoms with Gasteiger partial charge in [0.25, 0.3) is 0 Å². The first-order chi connectivity index (χ1) is 19.5. The van der Waals surface area contributed by atoms with Crippen LogP contribution in [0.5, 0.6) is 0 Å². The number of fused-ring (bicyclic) bond motifs is 7. The van der Waals surface area contributed by atoms with E-state index in [4.69, 9.17) is 4.99 Å². The molecule has 0 amide bonds. The van der Waals surface area contributed by atoms with Crippen molar-refractivity contribution in [3.8, 4) is 0 Å². The van der Waals surface area contributed by atoms with Crippen molar-refractivity contribution in [3.05, 3.63) is 68.2 Å². The van der Waals surface area contributed by atoms with Gasteiger partial charge < -0.3 is 15.3 Å². The SMILES string of the molecule is CCc1c2[nH]c(c1CC)Cc1[nH]c(c(CC)c1CC)/C=C1\N/C(=C\C3=NC(=C\2)/[C@@H](CC)[C@@H]3CC)[C@H](CC)[C@H]1CC. The Morgan fingerprint density at radius 3 is 1.52 bits per heavy atom. The predicted octanol–water partition coefficient (Wildman–Crippen LogP) is 8.93. The zero-order valence-electron chi connectivity index (χ0n) is 26.4. The van der Waals surface area contributed by atoms with E-state index in [0.717, 1.165) is 57.8 Å². The molecular formula is C36H52N4. The van der Waals surface area contributed by atoms with Gasteiger partial charge in [-0.05, 0) is 91.8 Å². The first-order valence-electron chi connectivity index (χ1n) is 16.4. The van der Waals surface area contributed by atoms with E-state index in [1.165, 1.54) is 67.8 Å². The fraction of sp³-hybridized carbons (Fsp3) is 0.583. The number of nitrogens with one attached hydrogen (secondary N) is 3. The molecule has 40 heavy (non-hydrogen) atoms. The molecule has 1 fully saturated rings. The summed E-state index contributed by atoms with van der Waals surface area (Å²) in [7, 11) is 0. The monoisotopic (exact) mass is 540 g/mol. The average Bonchev–Trinajstić information content (AvgIpc) is 3.67. The summed E-state index contributed by atoms with van der Waals surface area (Å²) in [5.74, 6) is 1.96. The van der Waals surface area contributed by atoms with Gasteiger partial charge in [0.1, 0.15) is 0 Å². The Kier molecular flexibility index (Phi) is 8.63. The van der Waals surface area contributed by atoms with Gasteiger partial charge in [-0.1, -0.05) is 55.4 Å². The molecule has 5 rings (SSSR count). The summed E-state index contributed by atoms with van der Waals surface area (Å²) in [6.45, 7) is 18.6. The molecule has 2 aromatic heterocycles. The second-order valence-corrected chi connectivity index (χ2v) is 12.0. The number of hydrogen-bond acceptors (Lipinski definition) is 2. The maximum Gasteiger partial charge on any atom is 0.0465 e. The van der Waals surface area contributed by atoms with Crippen molar-refractivity contribution in [3.63, 3.8) is 0 Å². The third-order valence-electron chi connectivity index (χ3n) is 10.2. The lowest BCUT2D eigenvalue weighted by Gasteiger charge is -2.19. The molecule has 2 aromatic rings. The second kappa shape index (κ2) is 12.0. The molecule has 4 atom stereocenters. The van der Waals surface area contributed by atoms with Crippen LogP contribution in [0, 0.1) is 23.7 Å². The van der Waals surface area contributed by atoms with Crippen molar-refractivity contribution >= 4 is 17.9 Å². The molecule has 4 heteroatoms. The number of nitrogens with zero attached hydrogens (tertiary/aromatic N) is 1. The molecule has 0 saturated carbocycles. The van der Waals surface area contributed by atoms with E-state index in [1.807, 2.05) is 0 Å². The zero-order valence-corrected chi connectivity index (χ0v) is 26.4. The zero-order chi connectivity index (χ0) is 28.6. The van der Waals surface area contributed by atoms with Gasteiger partial charge in [0.05, 0.1) is 0 Å². The molecule has 216 valence electrons. The van der Waals surface area contributed by atoms with E-state index < -0.39 is 0 Å². The highest BCUT2D eigenvalue weighted by Gasteiger charge is 2.37. The van der Waals surface area contributed by atoms with Crippen LogP contribution < -0.4 is 5.32 Å². The van der Waals surface area contributed by atoms with E-state index >= 15 is 0 Å². The van der Waals surface area contributed by atoms with Crippen LogP contribution in [-0.4, -0.2) is 15.7 Å². The molecule has 4 nitrogen and oxygen atoms in total. The lowest BCUT2D eigenvalue weighted by Crippen LogP contribution is -2.18. The summed E-state index contributed by atoms with van der Waals surface area (Å²) in [6, 6.07) is 0. The van der Waals surface area contributed by atoms with Crippen LogP contribution in [0.3, 0.4) is 0 Å². The normalized spacial score (nSPS) is 27.9. The summed E-state index contributed by atoms with van der Waals surface area (Å²) >= 11 is 0. The molecular weight excluding hydrogens is 488 g/mol. The Balaban J connectivity index is 1.79. The molecule has 0 spiro atoms. The standard InChI is InChI=1S/C36H52N4/c1-9-21-22(10-2)30-18-32-25(13-5)26(14-6)34(39-32)20-36-28(16-8)27(15-7)35(40-36)19-33-24(12-4)23(11-3)31(38-33)17-29(21)37-30/h17-19,21-24,37,39-40H,9-16,20H2,1-8H3/b29-17-,30-18-,33-19-/t21-,22-,23+,24+/m1/s1. The van der Waals surface area contributed by atoms with Gasteiger partial charge >= 0.3 is 0 Å². The highest BCUT2D eigenvalue weighted by Crippen LogP contribution is 2.42. The van der Waals surface area contributed by atoms with Crippen LogP contribution >= 0.6 is 0 Å². The van der Waals surface area contributed by atoms with E-state index in [1.54, 1.807) is 0 Å². The number of allylic oxidation sites excluding steroid dienone is 4. The minimum Gasteiger partial charge on any atom is -0.362 e. The maximum absolute atomic E-state index is 5.41. The van der Waals surface area contributed by atoms with Crippen molar-refractivity contribution in [1.29, 1.82) is 0 Å². The second-order valence-electron chi connectivity index (χ2n) is 12.0. The summed E-state index contributed by atoms with van der Waals surface area (Å²) in [6.07, 6.45) is 16.9. The summed E-state index contributed by atoms with van der Waals surface area (Å²) in [5.41, 5.74) is 16.6. The molecule has 8 bridgehead atoms. The lowest BCUT2D eigenvalue weighted by molar-refractivity contribution is 0.450. The third kappa shape index (κ3) is 4.76. The van der Waals surface area contributed by atoms with Gasteiger partial charge in [0.15, 0.2) is 0 Å². The van der Waals surface area contributed by atoms with Crippen LogP contribution in [0.25, 0.3) is 12.2 Å². The van der Waals surface area contributed by atoms with Gasteiger partial charge in [0.2, 0.25) is 0 Å². The predicted molar refractivity (Wildman–Crippen MR) is 172 cm³/mol. The van der Waals surface area contributed by atoms with Gasteiger partial charge in [-0.2, -0.15) is 0 Å². The molecule has 0 unspecified atom stereocenters. The first-order valence-corrected chi connectivity index (χ1v) is 16.4. The van der Waals surface area contributed by atoms with E-state index in [9.17, 15) is 0 Å². The highest BCUT2D eigenvalue weighted by molar-refractivity contribution is 6.01. The van der Waals surface area contributed by atoms with Crippen molar-refractivity contribution in [2.24, 2.45) is 28.7 Å². The van der Waals surface area contributed by atoms with Crippen LogP contribution in [0.15, 0.2) is 28.2 Å². The van der Waals surface area contributed by atoms with Crippen molar-refractivity contribution in [1.82, 2.24) is 15.3 Å². The van der Waals surface area contributed by atoms with Gasteiger partial charge in [0, 0.05) is 75.7 Å². The van der Waals surface area contributed by atoms with Gasteiger partial charge in [-0.25, -0.2) is 0 Å². The molecule has 5 heterocycles. The molecule has 3 aliphatic heterocycles. The van der Waals surface area contributed by atoms with Crippen LogP contribution in [-0.2, 0) is 32.1 Å². The lowest BCUT2D eigenvalue weighted by atomic mass is 9.83. The molecule has 0 aromatic carbocycles. The quantitative estimate of drug-likeness (QED) is 0.307. The number of hydrogen-bond donors (Lipinski definition) is 3. The van der Waals surface area contributed by atoms with Crippen molar-refractivity contribution < 1.29 is 0 Å².